The van der Waals surface area contributed by atoms with E-state index < -0.39 is 35.0 Å². The number of amides is 2. The van der Waals surface area contributed by atoms with Gasteiger partial charge in [0.2, 0.25) is 5.91 Å². The number of fused-ring (bicyclic) bond motifs is 3. The van der Waals surface area contributed by atoms with Crippen LogP contribution in [0.25, 0.3) is 11.1 Å². The van der Waals surface area contributed by atoms with Crippen LogP contribution in [0.2, 0.25) is 0 Å². The molecule has 1 unspecified atom stereocenters. The molecule has 0 saturated heterocycles. The normalized spacial score (nSPS) is 17.5. The fraction of sp³-hybridized carbons (Fsp3) is 0.464. The van der Waals surface area contributed by atoms with Crippen LogP contribution in [0.15, 0.2) is 48.5 Å². The van der Waals surface area contributed by atoms with Gasteiger partial charge in [0.15, 0.2) is 0 Å². The average Bonchev–Trinajstić information content (AvgIpc) is 3.59. The molecule has 2 amide bonds. The number of carboxylic acids is 1. The summed E-state index contributed by atoms with van der Waals surface area (Å²) in [6.45, 7) is 7.32. The maximum atomic E-state index is 12.9. The van der Waals surface area contributed by atoms with Crippen LogP contribution in [0, 0.1) is 11.3 Å². The summed E-state index contributed by atoms with van der Waals surface area (Å²) in [6.07, 6.45) is 1.21. The van der Waals surface area contributed by atoms with Crippen molar-refractivity contribution in [1.82, 2.24) is 10.6 Å². The third-order valence-electron chi connectivity index (χ3n) is 7.16. The highest BCUT2D eigenvalue weighted by Crippen LogP contribution is 2.45. The van der Waals surface area contributed by atoms with E-state index in [4.69, 9.17) is 4.74 Å². The Morgan fingerprint density at radius 1 is 0.971 bits per heavy atom. The number of rotatable bonds is 8. The molecule has 1 fully saturated rings. The van der Waals surface area contributed by atoms with Gasteiger partial charge < -0.3 is 20.5 Å². The van der Waals surface area contributed by atoms with Gasteiger partial charge in [-0.25, -0.2) is 9.59 Å². The molecule has 3 N–H and O–H groups in total. The first-order chi connectivity index (χ1) is 16.5. The van der Waals surface area contributed by atoms with Crippen LogP contribution in [0.1, 0.15) is 64.0 Å². The molecule has 7 nitrogen and oxygen atoms in total. The van der Waals surface area contributed by atoms with E-state index in [1.165, 1.54) is 0 Å². The van der Waals surface area contributed by atoms with Crippen molar-refractivity contribution in [3.8, 4) is 11.1 Å². The Kier molecular flexibility index (Phi) is 6.62. The van der Waals surface area contributed by atoms with E-state index in [0.717, 1.165) is 35.1 Å². The summed E-state index contributed by atoms with van der Waals surface area (Å²) in [5, 5.41) is 15.1. The third-order valence-corrected chi connectivity index (χ3v) is 7.16. The summed E-state index contributed by atoms with van der Waals surface area (Å²) < 4.78 is 5.69. The maximum absolute atomic E-state index is 12.9. The Morgan fingerprint density at radius 2 is 1.51 bits per heavy atom. The van der Waals surface area contributed by atoms with Gasteiger partial charge in [0.25, 0.3) is 0 Å². The van der Waals surface area contributed by atoms with Crippen LogP contribution in [-0.4, -0.2) is 41.3 Å². The number of aliphatic carboxylic acids is 1. The predicted molar refractivity (Wildman–Crippen MR) is 133 cm³/mol. The highest BCUT2D eigenvalue weighted by molar-refractivity contribution is 5.85. The first-order valence-electron chi connectivity index (χ1n) is 12.1. The highest BCUT2D eigenvalue weighted by atomic mass is 16.5. The van der Waals surface area contributed by atoms with Crippen LogP contribution >= 0.6 is 0 Å². The van der Waals surface area contributed by atoms with Gasteiger partial charge in [0, 0.05) is 12.3 Å². The van der Waals surface area contributed by atoms with Crippen molar-refractivity contribution in [2.45, 2.75) is 64.5 Å². The summed E-state index contributed by atoms with van der Waals surface area (Å²) in [4.78, 5) is 37.3. The third kappa shape index (κ3) is 5.34. The van der Waals surface area contributed by atoms with Crippen molar-refractivity contribution in [2.75, 3.05) is 6.61 Å². The van der Waals surface area contributed by atoms with E-state index in [-0.39, 0.29) is 24.9 Å². The van der Waals surface area contributed by atoms with Crippen molar-refractivity contribution < 1.29 is 24.2 Å². The predicted octanol–water partition coefficient (Wildman–Crippen LogP) is 4.70. The number of carbonyl (C=O) groups is 3. The van der Waals surface area contributed by atoms with Crippen LogP contribution in [0.4, 0.5) is 4.79 Å². The van der Waals surface area contributed by atoms with E-state index in [1.54, 1.807) is 20.8 Å². The zero-order valence-corrected chi connectivity index (χ0v) is 20.8. The smallest absolute Gasteiger partial charge is 0.407 e. The Bertz CT molecular complexity index is 1090. The second-order valence-electron chi connectivity index (χ2n) is 11.0. The molecule has 0 aromatic heterocycles. The number of benzene rings is 2. The highest BCUT2D eigenvalue weighted by Gasteiger charge is 2.45. The number of hydrogen-bond donors (Lipinski definition) is 3. The number of nitrogens with one attached hydrogen (secondary N) is 2. The largest absolute Gasteiger partial charge is 0.480 e. The number of alkyl carbamates (subject to hydrolysis) is 1. The molecular weight excluding hydrogens is 444 g/mol. The number of ether oxygens (including phenoxy) is 1. The van der Waals surface area contributed by atoms with Crippen LogP contribution in [0.5, 0.6) is 0 Å². The van der Waals surface area contributed by atoms with Gasteiger partial charge in [-0.15, -0.1) is 0 Å². The first kappa shape index (κ1) is 24.8. The molecule has 0 bridgehead atoms. The van der Waals surface area contributed by atoms with Crippen LogP contribution in [-0.2, 0) is 14.3 Å². The Morgan fingerprint density at radius 3 is 2.00 bits per heavy atom. The summed E-state index contributed by atoms with van der Waals surface area (Å²) >= 11 is 0. The zero-order valence-electron chi connectivity index (χ0n) is 20.8. The second-order valence-corrected chi connectivity index (χ2v) is 11.0. The summed E-state index contributed by atoms with van der Waals surface area (Å²) in [5.41, 5.74) is 3.12. The quantitative estimate of drug-likeness (QED) is 0.510. The SMILES string of the molecule is CC(CC(=O)N[C@H](C(=O)O)C(C)(C)C)(NC(=O)OCC1c2ccccc2-c2ccccc21)C1CC1. The molecule has 1 saturated carbocycles. The van der Waals surface area contributed by atoms with Crippen molar-refractivity contribution >= 4 is 18.0 Å². The molecule has 35 heavy (non-hydrogen) atoms. The van der Waals surface area contributed by atoms with Crippen molar-refractivity contribution in [3.05, 3.63) is 59.7 Å². The molecule has 2 aromatic rings. The lowest BCUT2D eigenvalue weighted by atomic mass is 9.86. The van der Waals surface area contributed by atoms with Gasteiger partial charge in [0.05, 0.1) is 5.54 Å². The molecule has 4 rings (SSSR count). The Hall–Kier alpha value is -3.35. The van der Waals surface area contributed by atoms with Crippen molar-refractivity contribution in [2.24, 2.45) is 11.3 Å². The first-order valence-corrected chi connectivity index (χ1v) is 12.1. The second kappa shape index (κ2) is 9.36. The fourth-order valence-electron chi connectivity index (χ4n) is 5.07. The molecule has 0 heterocycles. The van der Waals surface area contributed by atoms with E-state index in [2.05, 4.69) is 34.9 Å². The van der Waals surface area contributed by atoms with Gasteiger partial charge in [-0.05, 0) is 53.4 Å². The summed E-state index contributed by atoms with van der Waals surface area (Å²) in [6, 6.07) is 15.3. The summed E-state index contributed by atoms with van der Waals surface area (Å²) in [7, 11) is 0. The molecule has 2 aliphatic carbocycles. The topological polar surface area (TPSA) is 105 Å². The van der Waals surface area contributed by atoms with Gasteiger partial charge >= 0.3 is 12.1 Å². The molecule has 7 heteroatoms. The van der Waals surface area contributed by atoms with Gasteiger partial charge in [-0.3, -0.25) is 4.79 Å². The molecule has 0 aliphatic heterocycles. The lowest BCUT2D eigenvalue weighted by Gasteiger charge is -2.33. The standard InChI is InChI=1S/C28H34N2O5/c1-27(2,3)24(25(32)33)29-23(31)15-28(4,17-13-14-17)30-26(34)35-16-22-20-11-7-5-9-18(20)19-10-6-8-12-21(19)22/h5-12,17,22,24H,13-16H2,1-4H3,(H,29,31)(H,30,34)(H,32,33)/t24-,28?/m1/s1. The minimum atomic E-state index is -1.08. The zero-order chi connectivity index (χ0) is 25.4. The van der Waals surface area contributed by atoms with Gasteiger partial charge in [0.1, 0.15) is 12.6 Å². The average molecular weight is 479 g/mol. The van der Waals surface area contributed by atoms with Crippen LogP contribution in [0.3, 0.4) is 0 Å². The van der Waals surface area contributed by atoms with E-state index in [9.17, 15) is 19.5 Å². The Labute approximate surface area is 206 Å². The van der Waals surface area contributed by atoms with Gasteiger partial charge in [-0.2, -0.15) is 0 Å². The fourth-order valence-corrected chi connectivity index (χ4v) is 5.07. The Balaban J connectivity index is 1.41. The minimum Gasteiger partial charge on any atom is -0.480 e. The number of hydrogen-bond acceptors (Lipinski definition) is 4. The molecule has 2 aromatic carbocycles. The lowest BCUT2D eigenvalue weighted by Crippen LogP contribution is -2.54. The number of carboxylic acid groups (broad SMARTS) is 1. The van der Waals surface area contributed by atoms with Crippen molar-refractivity contribution in [3.63, 3.8) is 0 Å². The lowest BCUT2D eigenvalue weighted by molar-refractivity contribution is -0.145. The minimum absolute atomic E-state index is 0.0122. The van der Waals surface area contributed by atoms with Crippen molar-refractivity contribution in [1.29, 1.82) is 0 Å². The molecular formula is C28H34N2O5. The molecule has 186 valence electrons. The van der Waals surface area contributed by atoms with E-state index in [0.29, 0.717) is 0 Å². The summed E-state index contributed by atoms with van der Waals surface area (Å²) in [5.74, 6) is -1.39. The van der Waals surface area contributed by atoms with E-state index >= 15 is 0 Å². The molecule has 0 radical (unpaired) electrons. The molecule has 2 aliphatic rings. The maximum Gasteiger partial charge on any atom is 0.407 e. The van der Waals surface area contributed by atoms with E-state index in [1.807, 2.05) is 31.2 Å². The molecule has 0 spiro atoms. The monoisotopic (exact) mass is 478 g/mol. The van der Waals surface area contributed by atoms with Crippen LogP contribution < -0.4 is 10.6 Å². The number of carbonyl (C=O) groups excluding carboxylic acids is 2. The molecule has 2 atom stereocenters. The van der Waals surface area contributed by atoms with Gasteiger partial charge in [-0.1, -0.05) is 69.3 Å².